The topological polar surface area (TPSA) is 13.1 Å². The molecule has 0 N–H and O–H groups in total. The molecule has 32 heavy (non-hydrogen) atoms. The predicted octanol–water partition coefficient (Wildman–Crippen LogP) is 9.02. The molecule has 7 rings (SSSR count). The van der Waals surface area contributed by atoms with Crippen LogP contribution < -0.4 is 0 Å². The number of rotatable bonds is 1. The van der Waals surface area contributed by atoms with Crippen molar-refractivity contribution in [1.29, 1.82) is 0 Å². The van der Waals surface area contributed by atoms with Crippen molar-refractivity contribution in [3.8, 4) is 11.1 Å². The summed E-state index contributed by atoms with van der Waals surface area (Å²) in [4.78, 5) is 0. The van der Waals surface area contributed by atoms with Crippen LogP contribution in [0.15, 0.2) is 108 Å². The lowest BCUT2D eigenvalue weighted by atomic mass is 9.94. The Balaban J connectivity index is 1.44. The lowest BCUT2D eigenvalue weighted by molar-refractivity contribution is 0.669. The van der Waals surface area contributed by atoms with E-state index in [1.807, 2.05) is 6.07 Å². The fourth-order valence-corrected chi connectivity index (χ4v) is 5.19. The van der Waals surface area contributed by atoms with Crippen molar-refractivity contribution >= 4 is 54.3 Å². The third-order valence-electron chi connectivity index (χ3n) is 6.78. The van der Waals surface area contributed by atoms with Gasteiger partial charge in [-0.3, -0.25) is 0 Å². The third-order valence-corrected chi connectivity index (χ3v) is 6.78. The zero-order valence-corrected chi connectivity index (χ0v) is 17.7. The average molecular weight is 409 g/mol. The summed E-state index contributed by atoms with van der Waals surface area (Å²) in [5, 5.41) is 10.2. The molecule has 7 aromatic rings. The third kappa shape index (κ3) is 2.45. The van der Waals surface area contributed by atoms with Crippen LogP contribution in [0, 0.1) is 6.92 Å². The molecule has 0 amide bonds. The molecule has 6 aromatic carbocycles. The first-order valence-electron chi connectivity index (χ1n) is 11.0. The summed E-state index contributed by atoms with van der Waals surface area (Å²) in [6.07, 6.45) is 0. The van der Waals surface area contributed by atoms with Crippen LogP contribution in [-0.2, 0) is 0 Å². The summed E-state index contributed by atoms with van der Waals surface area (Å²) in [5.41, 5.74) is 5.58. The SMILES string of the molecule is Cc1cccc2oc3ccc(-c4ccc5c(ccc6c7ccccc7ccc56)c4)cc3c12. The molecule has 0 bridgehead atoms. The van der Waals surface area contributed by atoms with Crippen LogP contribution in [0.4, 0.5) is 0 Å². The largest absolute Gasteiger partial charge is 0.456 e. The minimum Gasteiger partial charge on any atom is -0.456 e. The van der Waals surface area contributed by atoms with Crippen LogP contribution in [-0.4, -0.2) is 0 Å². The van der Waals surface area contributed by atoms with E-state index in [4.69, 9.17) is 4.42 Å². The van der Waals surface area contributed by atoms with Crippen LogP contribution in [0.25, 0.3) is 65.4 Å². The van der Waals surface area contributed by atoms with Crippen molar-refractivity contribution in [1.82, 2.24) is 0 Å². The van der Waals surface area contributed by atoms with Gasteiger partial charge in [0.2, 0.25) is 0 Å². The number of hydrogen-bond acceptors (Lipinski definition) is 1. The van der Waals surface area contributed by atoms with E-state index in [1.165, 1.54) is 59.8 Å². The minimum absolute atomic E-state index is 0.941. The molecule has 0 atom stereocenters. The van der Waals surface area contributed by atoms with Crippen molar-refractivity contribution in [2.45, 2.75) is 6.92 Å². The van der Waals surface area contributed by atoms with Gasteiger partial charge in [-0.2, -0.15) is 0 Å². The van der Waals surface area contributed by atoms with Gasteiger partial charge in [0.15, 0.2) is 0 Å². The summed E-state index contributed by atoms with van der Waals surface area (Å²) in [6, 6.07) is 37.2. The van der Waals surface area contributed by atoms with Gasteiger partial charge in [0.25, 0.3) is 0 Å². The molecular formula is C31H20O. The quantitative estimate of drug-likeness (QED) is 0.247. The maximum Gasteiger partial charge on any atom is 0.135 e. The van der Waals surface area contributed by atoms with Gasteiger partial charge in [0, 0.05) is 10.8 Å². The van der Waals surface area contributed by atoms with Crippen LogP contribution in [0.2, 0.25) is 0 Å². The zero-order chi connectivity index (χ0) is 21.2. The molecule has 1 heterocycles. The van der Waals surface area contributed by atoms with E-state index in [-0.39, 0.29) is 0 Å². The maximum absolute atomic E-state index is 6.08. The molecule has 0 radical (unpaired) electrons. The standard InChI is InChI=1S/C31H20O/c1-19-5-4-8-30-31(19)28-18-22(12-16-29(28)32-30)21-10-13-25-23(17-21)11-15-26-24-7-3-2-6-20(24)9-14-27(25)26/h2-18H,1H3. The number of benzene rings is 6. The summed E-state index contributed by atoms with van der Waals surface area (Å²) in [5.74, 6) is 0. The van der Waals surface area contributed by atoms with Gasteiger partial charge in [0.05, 0.1) is 0 Å². The van der Waals surface area contributed by atoms with E-state index >= 15 is 0 Å². The van der Waals surface area contributed by atoms with Gasteiger partial charge in [-0.15, -0.1) is 0 Å². The summed E-state index contributed by atoms with van der Waals surface area (Å²) in [7, 11) is 0. The fraction of sp³-hybridized carbons (Fsp3) is 0.0323. The molecule has 0 aliphatic carbocycles. The first-order chi connectivity index (χ1) is 15.8. The molecule has 0 spiro atoms. The van der Waals surface area contributed by atoms with E-state index in [0.717, 1.165) is 11.2 Å². The van der Waals surface area contributed by atoms with E-state index in [2.05, 4.69) is 104 Å². The fourth-order valence-electron chi connectivity index (χ4n) is 5.19. The van der Waals surface area contributed by atoms with E-state index in [9.17, 15) is 0 Å². The van der Waals surface area contributed by atoms with Crippen LogP contribution in [0.5, 0.6) is 0 Å². The maximum atomic E-state index is 6.08. The number of fused-ring (bicyclic) bond motifs is 8. The Bertz CT molecular complexity index is 1840. The summed E-state index contributed by atoms with van der Waals surface area (Å²) < 4.78 is 6.08. The molecule has 1 heteroatoms. The van der Waals surface area contributed by atoms with Crippen LogP contribution in [0.1, 0.15) is 5.56 Å². The second kappa shape index (κ2) is 6.45. The summed E-state index contributed by atoms with van der Waals surface area (Å²) in [6.45, 7) is 2.15. The van der Waals surface area contributed by atoms with Gasteiger partial charge in [-0.05, 0) is 80.2 Å². The van der Waals surface area contributed by atoms with Crippen molar-refractivity contribution in [2.24, 2.45) is 0 Å². The molecule has 150 valence electrons. The van der Waals surface area contributed by atoms with Crippen molar-refractivity contribution in [2.75, 3.05) is 0 Å². The molecule has 0 saturated heterocycles. The van der Waals surface area contributed by atoms with Gasteiger partial charge in [0.1, 0.15) is 11.2 Å². The summed E-state index contributed by atoms with van der Waals surface area (Å²) >= 11 is 0. The van der Waals surface area contributed by atoms with Crippen LogP contribution >= 0.6 is 0 Å². The number of aryl methyl sites for hydroxylation is 1. The highest BCUT2D eigenvalue weighted by Crippen LogP contribution is 2.36. The van der Waals surface area contributed by atoms with Crippen molar-refractivity contribution < 1.29 is 4.42 Å². The lowest BCUT2D eigenvalue weighted by Gasteiger charge is -2.09. The lowest BCUT2D eigenvalue weighted by Crippen LogP contribution is -1.83. The molecule has 0 saturated carbocycles. The van der Waals surface area contributed by atoms with Gasteiger partial charge < -0.3 is 4.42 Å². The van der Waals surface area contributed by atoms with Crippen molar-refractivity contribution in [3.63, 3.8) is 0 Å². The Labute approximate surface area is 185 Å². The van der Waals surface area contributed by atoms with Crippen LogP contribution in [0.3, 0.4) is 0 Å². The van der Waals surface area contributed by atoms with Gasteiger partial charge in [-0.1, -0.05) is 78.9 Å². The molecule has 0 unspecified atom stereocenters. The van der Waals surface area contributed by atoms with E-state index in [1.54, 1.807) is 0 Å². The molecule has 0 fully saturated rings. The number of furan rings is 1. The first-order valence-corrected chi connectivity index (χ1v) is 11.0. The second-order valence-electron chi connectivity index (χ2n) is 8.64. The van der Waals surface area contributed by atoms with Crippen molar-refractivity contribution in [3.05, 3.63) is 109 Å². The molecule has 1 nitrogen and oxygen atoms in total. The van der Waals surface area contributed by atoms with Gasteiger partial charge >= 0.3 is 0 Å². The Morgan fingerprint density at radius 1 is 0.469 bits per heavy atom. The normalized spacial score (nSPS) is 11.9. The zero-order valence-electron chi connectivity index (χ0n) is 17.7. The Morgan fingerprint density at radius 2 is 1.19 bits per heavy atom. The van der Waals surface area contributed by atoms with Gasteiger partial charge in [-0.25, -0.2) is 0 Å². The Hall–Kier alpha value is -4.10. The van der Waals surface area contributed by atoms with E-state index < -0.39 is 0 Å². The Kier molecular flexibility index (Phi) is 3.54. The first kappa shape index (κ1) is 17.6. The monoisotopic (exact) mass is 408 g/mol. The molecule has 1 aromatic heterocycles. The average Bonchev–Trinajstić information content (AvgIpc) is 3.22. The highest BCUT2D eigenvalue weighted by atomic mass is 16.3. The molecular weight excluding hydrogens is 388 g/mol. The smallest absolute Gasteiger partial charge is 0.135 e. The minimum atomic E-state index is 0.941. The van der Waals surface area contributed by atoms with E-state index in [0.29, 0.717) is 0 Å². The molecule has 0 aliphatic heterocycles. The Morgan fingerprint density at radius 3 is 2.09 bits per heavy atom. The molecule has 0 aliphatic rings. The highest BCUT2D eigenvalue weighted by Gasteiger charge is 2.11. The number of hydrogen-bond donors (Lipinski definition) is 0. The predicted molar refractivity (Wildman–Crippen MR) is 136 cm³/mol. The highest BCUT2D eigenvalue weighted by molar-refractivity contribution is 6.17. The second-order valence-corrected chi connectivity index (χ2v) is 8.64.